The van der Waals surface area contributed by atoms with Gasteiger partial charge in [0.15, 0.2) is 11.9 Å². The predicted octanol–water partition coefficient (Wildman–Crippen LogP) is 5.02. The molecule has 31 heavy (non-hydrogen) atoms. The molecule has 0 heterocycles. The van der Waals surface area contributed by atoms with Crippen molar-refractivity contribution in [1.29, 1.82) is 0 Å². The van der Waals surface area contributed by atoms with E-state index in [1.54, 1.807) is 24.3 Å². The van der Waals surface area contributed by atoms with Crippen molar-refractivity contribution in [2.24, 2.45) is 0 Å². The molecule has 1 atom stereocenters. The van der Waals surface area contributed by atoms with Gasteiger partial charge in [0.25, 0.3) is 11.6 Å². The minimum Gasteiger partial charge on any atom is -0.481 e. The topological polar surface area (TPSA) is 98.5 Å². The highest BCUT2D eigenvalue weighted by Crippen LogP contribution is 2.27. The van der Waals surface area contributed by atoms with Crippen molar-refractivity contribution >= 4 is 34.7 Å². The number of carbonyl (C=O) groups excluding carboxylic acids is 2. The van der Waals surface area contributed by atoms with Crippen LogP contribution in [-0.2, 0) is 4.79 Å². The minimum atomic E-state index is -0.912. The molecule has 1 amide bonds. The number of halogens is 2. The van der Waals surface area contributed by atoms with E-state index in [4.69, 9.17) is 16.3 Å². The van der Waals surface area contributed by atoms with E-state index >= 15 is 0 Å². The van der Waals surface area contributed by atoms with Crippen LogP contribution in [0.15, 0.2) is 66.7 Å². The van der Waals surface area contributed by atoms with Gasteiger partial charge in [-0.1, -0.05) is 11.6 Å². The second kappa shape index (κ2) is 9.36. The largest absolute Gasteiger partial charge is 0.481 e. The Balaban J connectivity index is 1.63. The van der Waals surface area contributed by atoms with E-state index in [1.807, 2.05) is 0 Å². The first-order valence-corrected chi connectivity index (χ1v) is 9.44. The Hall–Kier alpha value is -3.78. The Morgan fingerprint density at radius 1 is 1.03 bits per heavy atom. The Bertz CT molecular complexity index is 1130. The van der Waals surface area contributed by atoms with Gasteiger partial charge in [0.05, 0.1) is 15.6 Å². The smallest absolute Gasteiger partial charge is 0.271 e. The number of ketones is 1. The van der Waals surface area contributed by atoms with E-state index in [-0.39, 0.29) is 22.2 Å². The zero-order valence-electron chi connectivity index (χ0n) is 16.2. The van der Waals surface area contributed by atoms with Crippen LogP contribution in [0.5, 0.6) is 5.75 Å². The number of benzene rings is 3. The lowest BCUT2D eigenvalue weighted by Crippen LogP contribution is -2.30. The summed E-state index contributed by atoms with van der Waals surface area (Å²) in [5.41, 5.74) is 0.757. The van der Waals surface area contributed by atoms with E-state index in [9.17, 15) is 24.1 Å². The lowest BCUT2D eigenvalue weighted by atomic mass is 10.0. The SMILES string of the molecule is C[C@@H](Oc1ccc(C(=O)c2ccc(F)cc2)cc1)C(=O)Nc1ccc([N+](=O)[O-])cc1Cl. The summed E-state index contributed by atoms with van der Waals surface area (Å²) in [6.45, 7) is 1.52. The Kier molecular flexibility index (Phi) is 6.61. The summed E-state index contributed by atoms with van der Waals surface area (Å²) in [4.78, 5) is 35.0. The fraction of sp³-hybridized carbons (Fsp3) is 0.0909. The molecule has 3 rings (SSSR count). The second-order valence-electron chi connectivity index (χ2n) is 6.53. The molecule has 1 N–H and O–H groups in total. The number of hydrogen-bond acceptors (Lipinski definition) is 5. The molecule has 158 valence electrons. The third-order valence-electron chi connectivity index (χ3n) is 4.33. The second-order valence-corrected chi connectivity index (χ2v) is 6.94. The van der Waals surface area contributed by atoms with Crippen molar-refractivity contribution in [2.75, 3.05) is 5.32 Å². The number of nitro groups is 1. The number of rotatable bonds is 7. The van der Waals surface area contributed by atoms with Crippen LogP contribution < -0.4 is 10.1 Å². The zero-order valence-corrected chi connectivity index (χ0v) is 16.9. The molecule has 0 saturated heterocycles. The molecule has 0 aliphatic carbocycles. The number of anilines is 1. The van der Waals surface area contributed by atoms with Crippen LogP contribution in [0, 0.1) is 15.9 Å². The van der Waals surface area contributed by atoms with Crippen molar-refractivity contribution in [3.05, 3.63) is 98.8 Å². The average molecular weight is 443 g/mol. The predicted molar refractivity (Wildman–Crippen MR) is 113 cm³/mol. The standard InChI is InChI=1S/C22H16ClFN2O5/c1-13(22(28)25-20-11-8-17(26(29)30)12-19(20)23)31-18-9-4-15(5-10-18)21(27)14-2-6-16(24)7-3-14/h2-13H,1H3,(H,25,28)/t13-/m1/s1. The maximum Gasteiger partial charge on any atom is 0.271 e. The van der Waals surface area contributed by atoms with Gasteiger partial charge in [-0.25, -0.2) is 4.39 Å². The van der Waals surface area contributed by atoms with Crippen molar-refractivity contribution in [3.8, 4) is 5.75 Å². The molecular formula is C22H16ClFN2O5. The Morgan fingerprint density at radius 2 is 1.61 bits per heavy atom. The van der Waals surface area contributed by atoms with Crippen LogP contribution in [0.4, 0.5) is 15.8 Å². The van der Waals surface area contributed by atoms with E-state index < -0.39 is 22.8 Å². The molecule has 7 nitrogen and oxygen atoms in total. The van der Waals surface area contributed by atoms with E-state index in [0.717, 1.165) is 6.07 Å². The summed E-state index contributed by atoms with van der Waals surface area (Å²) in [5, 5.41) is 13.3. The molecule has 0 bridgehead atoms. The molecule has 0 aliphatic rings. The average Bonchev–Trinajstić information content (AvgIpc) is 2.75. The quantitative estimate of drug-likeness (QED) is 0.314. The van der Waals surface area contributed by atoms with Gasteiger partial charge >= 0.3 is 0 Å². The highest BCUT2D eigenvalue weighted by molar-refractivity contribution is 6.34. The van der Waals surface area contributed by atoms with Gasteiger partial charge in [-0.05, 0) is 61.5 Å². The number of nitro benzene ring substituents is 1. The summed E-state index contributed by atoms with van der Waals surface area (Å²) >= 11 is 5.98. The number of nitrogens with one attached hydrogen (secondary N) is 1. The first-order chi connectivity index (χ1) is 14.7. The van der Waals surface area contributed by atoms with E-state index in [0.29, 0.717) is 16.9 Å². The van der Waals surface area contributed by atoms with Crippen LogP contribution in [-0.4, -0.2) is 22.7 Å². The number of amides is 1. The van der Waals surface area contributed by atoms with Gasteiger partial charge in [-0.3, -0.25) is 19.7 Å². The van der Waals surface area contributed by atoms with Crippen LogP contribution in [0.2, 0.25) is 5.02 Å². The third-order valence-corrected chi connectivity index (χ3v) is 4.64. The van der Waals surface area contributed by atoms with Crippen molar-refractivity contribution in [1.82, 2.24) is 0 Å². The van der Waals surface area contributed by atoms with Gasteiger partial charge in [0.1, 0.15) is 11.6 Å². The van der Waals surface area contributed by atoms with Gasteiger partial charge in [0, 0.05) is 23.3 Å². The van der Waals surface area contributed by atoms with Crippen molar-refractivity contribution < 1.29 is 23.6 Å². The molecule has 0 fully saturated rings. The van der Waals surface area contributed by atoms with Gasteiger partial charge in [0.2, 0.25) is 0 Å². The molecule has 0 radical (unpaired) electrons. The Labute approximate surface area is 181 Å². The number of nitrogens with zero attached hydrogens (tertiary/aromatic N) is 1. The Morgan fingerprint density at radius 3 is 2.16 bits per heavy atom. The fourth-order valence-electron chi connectivity index (χ4n) is 2.66. The van der Waals surface area contributed by atoms with Gasteiger partial charge in [-0.15, -0.1) is 0 Å². The highest BCUT2D eigenvalue weighted by atomic mass is 35.5. The molecule has 0 aromatic heterocycles. The molecule has 0 unspecified atom stereocenters. The van der Waals surface area contributed by atoms with Gasteiger partial charge < -0.3 is 10.1 Å². The number of hydrogen-bond donors (Lipinski definition) is 1. The lowest BCUT2D eigenvalue weighted by molar-refractivity contribution is -0.384. The fourth-order valence-corrected chi connectivity index (χ4v) is 2.89. The van der Waals surface area contributed by atoms with Crippen LogP contribution in [0.1, 0.15) is 22.8 Å². The monoisotopic (exact) mass is 442 g/mol. The normalized spacial score (nSPS) is 11.5. The molecule has 0 saturated carbocycles. The number of non-ortho nitro benzene ring substituents is 1. The van der Waals surface area contributed by atoms with Crippen LogP contribution >= 0.6 is 11.6 Å². The summed E-state index contributed by atoms with van der Waals surface area (Å²) in [6, 6.07) is 15.1. The first-order valence-electron chi connectivity index (χ1n) is 9.06. The molecular weight excluding hydrogens is 427 g/mol. The summed E-state index contributed by atoms with van der Waals surface area (Å²) in [7, 11) is 0. The first kappa shape index (κ1) is 21.9. The molecule has 3 aromatic rings. The zero-order chi connectivity index (χ0) is 22.5. The highest BCUT2D eigenvalue weighted by Gasteiger charge is 2.18. The van der Waals surface area contributed by atoms with Gasteiger partial charge in [-0.2, -0.15) is 0 Å². The minimum absolute atomic E-state index is 0.0263. The lowest BCUT2D eigenvalue weighted by Gasteiger charge is -2.15. The maximum absolute atomic E-state index is 13.0. The number of carbonyl (C=O) groups is 2. The van der Waals surface area contributed by atoms with Crippen LogP contribution in [0.3, 0.4) is 0 Å². The molecule has 9 heteroatoms. The molecule has 0 aliphatic heterocycles. The van der Waals surface area contributed by atoms with E-state index in [1.165, 1.54) is 43.3 Å². The number of ether oxygens (including phenoxy) is 1. The summed E-state index contributed by atoms with van der Waals surface area (Å²) in [5.74, 6) is -0.858. The summed E-state index contributed by atoms with van der Waals surface area (Å²) in [6.07, 6.45) is -0.912. The molecule has 3 aromatic carbocycles. The van der Waals surface area contributed by atoms with Crippen molar-refractivity contribution in [2.45, 2.75) is 13.0 Å². The molecule has 0 spiro atoms. The maximum atomic E-state index is 13.0. The van der Waals surface area contributed by atoms with E-state index in [2.05, 4.69) is 5.32 Å². The van der Waals surface area contributed by atoms with Crippen LogP contribution in [0.25, 0.3) is 0 Å². The van der Waals surface area contributed by atoms with Crippen molar-refractivity contribution in [3.63, 3.8) is 0 Å². The third kappa shape index (κ3) is 5.43. The summed E-state index contributed by atoms with van der Waals surface area (Å²) < 4.78 is 18.6.